The molecule has 0 spiro atoms. The molecule has 1 saturated heterocycles. The summed E-state index contributed by atoms with van der Waals surface area (Å²) in [6, 6.07) is 6.22. The van der Waals surface area contributed by atoms with Crippen LogP contribution in [0, 0.1) is 11.7 Å². The molecule has 0 unspecified atom stereocenters. The van der Waals surface area contributed by atoms with E-state index >= 15 is 0 Å². The number of anilines is 1. The maximum absolute atomic E-state index is 13.8. The molecule has 0 aliphatic carbocycles. The van der Waals surface area contributed by atoms with Gasteiger partial charge in [-0.25, -0.2) is 14.4 Å². The number of carbonyl (C=O) groups excluding carboxylic acids is 1. The summed E-state index contributed by atoms with van der Waals surface area (Å²) in [7, 11) is 0. The maximum Gasteiger partial charge on any atom is 0.225 e. The zero-order chi connectivity index (χ0) is 17.6. The number of nitrogens with one attached hydrogen (secondary N) is 1. The van der Waals surface area contributed by atoms with Crippen molar-refractivity contribution in [2.45, 2.75) is 19.3 Å². The molecule has 0 saturated carbocycles. The Bertz CT molecular complexity index is 708. The third-order valence-electron chi connectivity index (χ3n) is 4.34. The third-order valence-corrected chi connectivity index (χ3v) is 4.70. The molecule has 1 aromatic heterocycles. The molecule has 5 nitrogen and oxygen atoms in total. The number of rotatable bonds is 5. The summed E-state index contributed by atoms with van der Waals surface area (Å²) in [6.07, 6.45) is 5.46. The molecule has 1 amide bonds. The molecular formula is C18H20ClFN4O. The van der Waals surface area contributed by atoms with Gasteiger partial charge in [0.2, 0.25) is 11.9 Å². The summed E-state index contributed by atoms with van der Waals surface area (Å²) in [5.41, 5.74) is 0.240. The molecule has 1 aliphatic rings. The number of piperidine rings is 1. The van der Waals surface area contributed by atoms with Crippen LogP contribution in [-0.2, 0) is 11.2 Å². The lowest BCUT2D eigenvalue weighted by atomic mass is 9.98. The van der Waals surface area contributed by atoms with Crippen molar-refractivity contribution in [3.05, 3.63) is 53.1 Å². The first-order valence-corrected chi connectivity index (χ1v) is 8.73. The molecule has 1 aromatic carbocycles. The van der Waals surface area contributed by atoms with Gasteiger partial charge in [-0.2, -0.15) is 0 Å². The van der Waals surface area contributed by atoms with Crippen LogP contribution in [0.1, 0.15) is 18.4 Å². The molecule has 2 aromatic rings. The molecule has 0 bridgehead atoms. The van der Waals surface area contributed by atoms with Gasteiger partial charge in [-0.05, 0) is 37.0 Å². The number of carbonyl (C=O) groups is 1. The maximum atomic E-state index is 13.8. The quantitative estimate of drug-likeness (QED) is 0.888. The van der Waals surface area contributed by atoms with E-state index in [4.69, 9.17) is 11.6 Å². The Kier molecular flexibility index (Phi) is 5.81. The van der Waals surface area contributed by atoms with Crippen molar-refractivity contribution < 1.29 is 9.18 Å². The Morgan fingerprint density at radius 3 is 2.88 bits per heavy atom. The van der Waals surface area contributed by atoms with E-state index in [1.54, 1.807) is 24.5 Å². The van der Waals surface area contributed by atoms with Crippen LogP contribution in [0.3, 0.4) is 0 Å². The molecule has 1 fully saturated rings. The van der Waals surface area contributed by atoms with Crippen LogP contribution in [0.5, 0.6) is 0 Å². The van der Waals surface area contributed by atoms with Gasteiger partial charge in [-0.1, -0.05) is 17.7 Å². The minimum absolute atomic E-state index is 0.0518. The van der Waals surface area contributed by atoms with E-state index in [2.05, 4.69) is 20.2 Å². The normalized spacial score (nSPS) is 17.4. The SMILES string of the molecule is O=C(Cc1c(F)cccc1Cl)NC[C@H]1CCCN(c2ncccn2)C1. The zero-order valence-corrected chi connectivity index (χ0v) is 14.5. The largest absolute Gasteiger partial charge is 0.355 e. The second-order valence-electron chi connectivity index (χ2n) is 6.18. The number of halogens is 2. The highest BCUT2D eigenvalue weighted by Gasteiger charge is 2.22. The zero-order valence-electron chi connectivity index (χ0n) is 13.8. The van der Waals surface area contributed by atoms with Crippen molar-refractivity contribution in [1.29, 1.82) is 0 Å². The minimum atomic E-state index is -0.451. The molecule has 0 radical (unpaired) electrons. The highest BCUT2D eigenvalue weighted by molar-refractivity contribution is 6.31. The molecule has 3 rings (SSSR count). The number of aromatic nitrogens is 2. The standard InChI is InChI=1S/C18H20ClFN4O/c19-15-5-1-6-16(20)14(15)10-17(25)23-11-13-4-2-9-24(12-13)18-21-7-3-8-22-18/h1,3,5-8,13H,2,4,9-12H2,(H,23,25)/t13-/m1/s1. The fraction of sp³-hybridized carbons (Fsp3) is 0.389. The fourth-order valence-corrected chi connectivity index (χ4v) is 3.28. The monoisotopic (exact) mass is 362 g/mol. The van der Waals surface area contributed by atoms with Crippen LogP contribution in [-0.4, -0.2) is 35.5 Å². The topological polar surface area (TPSA) is 58.1 Å². The van der Waals surface area contributed by atoms with Crippen LogP contribution < -0.4 is 10.2 Å². The second-order valence-corrected chi connectivity index (χ2v) is 6.59. The number of hydrogen-bond acceptors (Lipinski definition) is 4. The van der Waals surface area contributed by atoms with Crippen LogP contribution in [0.4, 0.5) is 10.3 Å². The lowest BCUT2D eigenvalue weighted by Gasteiger charge is -2.32. The summed E-state index contributed by atoms with van der Waals surface area (Å²) in [5, 5.41) is 3.17. The molecule has 25 heavy (non-hydrogen) atoms. The van der Waals surface area contributed by atoms with Gasteiger partial charge in [0.25, 0.3) is 0 Å². The van der Waals surface area contributed by atoms with E-state index in [1.165, 1.54) is 12.1 Å². The summed E-state index contributed by atoms with van der Waals surface area (Å²) < 4.78 is 13.8. The second kappa shape index (κ2) is 8.25. The van der Waals surface area contributed by atoms with E-state index in [1.807, 2.05) is 0 Å². The first-order chi connectivity index (χ1) is 12.1. The fourth-order valence-electron chi connectivity index (χ4n) is 3.05. The number of nitrogens with zero attached hydrogens (tertiary/aromatic N) is 3. The van der Waals surface area contributed by atoms with Crippen LogP contribution in [0.15, 0.2) is 36.7 Å². The van der Waals surface area contributed by atoms with E-state index < -0.39 is 5.82 Å². The van der Waals surface area contributed by atoms with Crippen molar-refractivity contribution in [1.82, 2.24) is 15.3 Å². The average molecular weight is 363 g/mol. The Balaban J connectivity index is 1.52. The first-order valence-electron chi connectivity index (χ1n) is 8.35. The van der Waals surface area contributed by atoms with E-state index in [0.717, 1.165) is 31.9 Å². The average Bonchev–Trinajstić information content (AvgIpc) is 2.64. The Morgan fingerprint density at radius 2 is 2.12 bits per heavy atom. The molecule has 2 heterocycles. The van der Waals surface area contributed by atoms with Crippen LogP contribution >= 0.6 is 11.6 Å². The Hall–Kier alpha value is -2.21. The molecular weight excluding hydrogens is 343 g/mol. The van der Waals surface area contributed by atoms with Crippen molar-refractivity contribution in [2.75, 3.05) is 24.5 Å². The lowest BCUT2D eigenvalue weighted by Crippen LogP contribution is -2.42. The predicted molar refractivity (Wildman–Crippen MR) is 95.1 cm³/mol. The molecule has 7 heteroatoms. The van der Waals surface area contributed by atoms with Gasteiger partial charge in [0.15, 0.2) is 0 Å². The molecule has 1 atom stereocenters. The van der Waals surface area contributed by atoms with E-state index in [9.17, 15) is 9.18 Å². The van der Waals surface area contributed by atoms with Gasteiger partial charge in [0.05, 0.1) is 6.42 Å². The number of benzene rings is 1. The predicted octanol–water partition coefficient (Wildman–Crippen LogP) is 2.84. The summed E-state index contributed by atoms with van der Waals surface area (Å²) in [5.74, 6) is 0.363. The highest BCUT2D eigenvalue weighted by Crippen LogP contribution is 2.21. The summed E-state index contributed by atoms with van der Waals surface area (Å²) in [4.78, 5) is 22.8. The minimum Gasteiger partial charge on any atom is -0.355 e. The van der Waals surface area contributed by atoms with Gasteiger partial charge in [0.1, 0.15) is 5.82 Å². The number of hydrogen-bond donors (Lipinski definition) is 1. The van der Waals surface area contributed by atoms with E-state index in [-0.39, 0.29) is 22.9 Å². The van der Waals surface area contributed by atoms with Gasteiger partial charge < -0.3 is 10.2 Å². The Labute approximate surface area is 151 Å². The lowest BCUT2D eigenvalue weighted by molar-refractivity contribution is -0.120. The van der Waals surface area contributed by atoms with Crippen LogP contribution in [0.2, 0.25) is 5.02 Å². The summed E-state index contributed by atoms with van der Waals surface area (Å²) >= 11 is 5.97. The van der Waals surface area contributed by atoms with Crippen LogP contribution in [0.25, 0.3) is 0 Å². The highest BCUT2D eigenvalue weighted by atomic mass is 35.5. The molecule has 1 aliphatic heterocycles. The van der Waals surface area contributed by atoms with Gasteiger partial charge in [0, 0.05) is 42.6 Å². The van der Waals surface area contributed by atoms with Crippen molar-refractivity contribution in [3.63, 3.8) is 0 Å². The van der Waals surface area contributed by atoms with Crippen molar-refractivity contribution in [2.24, 2.45) is 5.92 Å². The van der Waals surface area contributed by atoms with Gasteiger partial charge >= 0.3 is 0 Å². The van der Waals surface area contributed by atoms with Crippen molar-refractivity contribution >= 4 is 23.5 Å². The molecule has 1 N–H and O–H groups in total. The first kappa shape index (κ1) is 17.6. The van der Waals surface area contributed by atoms with Gasteiger partial charge in [-0.15, -0.1) is 0 Å². The van der Waals surface area contributed by atoms with E-state index in [0.29, 0.717) is 12.5 Å². The summed E-state index contributed by atoms with van der Waals surface area (Å²) in [6.45, 7) is 2.26. The number of amides is 1. The Morgan fingerprint density at radius 1 is 1.32 bits per heavy atom. The van der Waals surface area contributed by atoms with Crippen molar-refractivity contribution in [3.8, 4) is 0 Å². The third kappa shape index (κ3) is 4.66. The van der Waals surface area contributed by atoms with Gasteiger partial charge in [-0.3, -0.25) is 4.79 Å². The smallest absolute Gasteiger partial charge is 0.225 e. The molecule has 132 valence electrons.